The van der Waals surface area contributed by atoms with Crippen LogP contribution in [0, 0.1) is 37.7 Å². The van der Waals surface area contributed by atoms with E-state index in [4.69, 9.17) is 6.58 Å². The molecule has 0 aromatic heterocycles. The molecule has 0 radical (unpaired) electrons. The minimum atomic E-state index is -0.0542. The van der Waals surface area contributed by atoms with E-state index in [-0.39, 0.29) is 42.6 Å². The average Bonchev–Trinajstić information content (AvgIpc) is 2.91. The van der Waals surface area contributed by atoms with Crippen LogP contribution in [-0.2, 0) is 19.3 Å². The van der Waals surface area contributed by atoms with Crippen LogP contribution in [-0.4, -0.2) is 36.0 Å². The molecular formula is C32H35N4O2U-. The van der Waals surface area contributed by atoms with Crippen LogP contribution in [0.3, 0.4) is 0 Å². The maximum Gasteiger partial charge on any atom is 0.132 e. The summed E-state index contributed by atoms with van der Waals surface area (Å²) >= 11 is 0. The zero-order valence-corrected chi connectivity index (χ0v) is 26.7. The molecule has 3 rings (SSSR count). The van der Waals surface area contributed by atoms with E-state index in [0.717, 1.165) is 50.9 Å². The molecule has 0 spiro atoms. The molecule has 0 heterocycles. The zero-order valence-electron chi connectivity index (χ0n) is 22.5. The van der Waals surface area contributed by atoms with E-state index < -0.39 is 0 Å². The van der Waals surface area contributed by atoms with Crippen LogP contribution in [0.1, 0.15) is 34.2 Å². The average molecular weight is 746 g/mol. The second-order valence-corrected chi connectivity index (χ2v) is 9.01. The summed E-state index contributed by atoms with van der Waals surface area (Å²) in [6, 6.07) is 23.2. The fourth-order valence-electron chi connectivity index (χ4n) is 3.93. The summed E-state index contributed by atoms with van der Waals surface area (Å²) in [5.41, 5.74) is 6.80. The number of nitrogens with one attached hydrogen (secondary N) is 2. The molecule has 0 fully saturated rings. The first kappa shape index (κ1) is 31.7. The van der Waals surface area contributed by atoms with Crippen molar-refractivity contribution < 1.29 is 41.3 Å². The van der Waals surface area contributed by atoms with Crippen molar-refractivity contribution in [3.63, 3.8) is 0 Å². The normalized spacial score (nSPS) is 11.3. The van der Waals surface area contributed by atoms with Crippen molar-refractivity contribution in [3.8, 4) is 5.75 Å². The van der Waals surface area contributed by atoms with Crippen molar-refractivity contribution in [1.29, 1.82) is 0 Å². The molecule has 39 heavy (non-hydrogen) atoms. The number of phenolic OH excluding ortho intramolecular Hbond substituents is 1. The second-order valence-electron chi connectivity index (χ2n) is 9.01. The topological polar surface area (TPSA) is 89.2 Å². The van der Waals surface area contributed by atoms with Crippen molar-refractivity contribution in [2.24, 2.45) is 9.98 Å². The Bertz CT molecular complexity index is 1330. The van der Waals surface area contributed by atoms with E-state index >= 15 is 0 Å². The van der Waals surface area contributed by atoms with Crippen LogP contribution >= 0.6 is 0 Å². The van der Waals surface area contributed by atoms with Crippen molar-refractivity contribution in [1.82, 2.24) is 10.6 Å². The molecule has 0 atom stereocenters. The number of aliphatic imine (C=N–C) groups is 2. The van der Waals surface area contributed by atoms with Gasteiger partial charge in [0, 0.05) is 80.6 Å². The molecule has 0 bridgehead atoms. The molecule has 0 aliphatic carbocycles. The minimum Gasteiger partial charge on any atom is -0.549 e. The summed E-state index contributed by atoms with van der Waals surface area (Å²) in [6.45, 7) is 13.7. The van der Waals surface area contributed by atoms with Gasteiger partial charge < -0.3 is 27.4 Å². The van der Waals surface area contributed by atoms with E-state index in [1.807, 2.05) is 48.5 Å². The molecular weight excluding hydrogens is 710 g/mol. The van der Waals surface area contributed by atoms with E-state index in [1.165, 1.54) is 0 Å². The Kier molecular flexibility index (Phi) is 12.8. The Labute approximate surface area is 255 Å². The Morgan fingerprint density at radius 1 is 0.718 bits per heavy atom. The predicted octanol–water partition coefficient (Wildman–Crippen LogP) is 5.64. The second kappa shape index (κ2) is 15.8. The van der Waals surface area contributed by atoms with Crippen LogP contribution < -0.4 is 10.6 Å². The fraction of sp³-hybridized carbons (Fsp3) is 0.188. The largest absolute Gasteiger partial charge is 0.549 e. The Morgan fingerprint density at radius 3 is 1.49 bits per heavy atom. The van der Waals surface area contributed by atoms with Gasteiger partial charge >= 0.3 is 0 Å². The van der Waals surface area contributed by atoms with Gasteiger partial charge in [-0.05, 0) is 41.7 Å². The molecule has 3 aromatic carbocycles. The molecule has 0 aliphatic heterocycles. The van der Waals surface area contributed by atoms with Gasteiger partial charge in [-0.2, -0.15) is 0 Å². The van der Waals surface area contributed by atoms with Crippen LogP contribution in [0.15, 0.2) is 113 Å². The summed E-state index contributed by atoms with van der Waals surface area (Å²) < 4.78 is 0. The molecule has 0 saturated heterocycles. The van der Waals surface area contributed by atoms with Gasteiger partial charge in [0.2, 0.25) is 0 Å². The molecule has 0 amide bonds. The smallest absolute Gasteiger partial charge is 0.132 e. The fourth-order valence-corrected chi connectivity index (χ4v) is 3.93. The van der Waals surface area contributed by atoms with E-state index in [0.29, 0.717) is 25.7 Å². The Hall–Kier alpha value is -3.53. The van der Waals surface area contributed by atoms with Gasteiger partial charge in [-0.1, -0.05) is 79.6 Å². The zero-order chi connectivity index (χ0) is 27.5. The van der Waals surface area contributed by atoms with Gasteiger partial charge in [-0.15, -0.1) is 0 Å². The number of benzene rings is 3. The number of phenols is 1. The molecule has 6 nitrogen and oxygen atoms in total. The van der Waals surface area contributed by atoms with Gasteiger partial charge in [0.05, 0.1) is 0 Å². The number of aromatic hydroxyl groups is 1. The monoisotopic (exact) mass is 745 g/mol. The molecule has 7 heteroatoms. The molecule has 4 N–H and O–H groups in total. The third kappa shape index (κ3) is 10.3. The van der Waals surface area contributed by atoms with Gasteiger partial charge in [0.15, 0.2) is 0 Å². The molecule has 0 aliphatic rings. The van der Waals surface area contributed by atoms with Gasteiger partial charge in [-0.3, -0.25) is 9.98 Å². The summed E-state index contributed by atoms with van der Waals surface area (Å²) in [4.78, 5) is 8.78. The van der Waals surface area contributed by atoms with Crippen LogP contribution in [0.25, 0.3) is 0 Å². The molecule has 0 saturated carbocycles. The number of aliphatic hydroxyl groups excluding tert-OH is 1. The summed E-state index contributed by atoms with van der Waals surface area (Å²) in [5.74, 6) is 1.67. The Balaban J connectivity index is 0.00000533. The van der Waals surface area contributed by atoms with Crippen molar-refractivity contribution in [2.45, 2.75) is 25.7 Å². The Morgan fingerprint density at radius 2 is 1.10 bits per heavy atom. The van der Waals surface area contributed by atoms with Gasteiger partial charge in [0.25, 0.3) is 0 Å². The number of hydrogen-bond donors (Lipinski definition) is 4. The van der Waals surface area contributed by atoms with Crippen LogP contribution in [0.2, 0.25) is 0 Å². The third-order valence-corrected chi connectivity index (χ3v) is 5.93. The number of nitrogens with zero attached hydrogens (tertiary/aromatic N) is 2. The van der Waals surface area contributed by atoms with E-state index in [2.05, 4.69) is 45.9 Å². The maximum absolute atomic E-state index is 9.46. The van der Waals surface area contributed by atoms with E-state index in [1.54, 1.807) is 26.2 Å². The first-order valence-electron chi connectivity index (χ1n) is 12.4. The first-order chi connectivity index (χ1) is 18.3. The van der Waals surface area contributed by atoms with E-state index in [9.17, 15) is 10.2 Å². The predicted molar refractivity (Wildman–Crippen MR) is 157 cm³/mol. The third-order valence-electron chi connectivity index (χ3n) is 5.93. The molecule has 0 unspecified atom stereocenters. The van der Waals surface area contributed by atoms with Gasteiger partial charge in [0.1, 0.15) is 17.4 Å². The number of hydrogen-bond acceptors (Lipinski definition) is 4. The minimum absolute atomic E-state index is 0. The number of aliphatic hydroxyl groups is 1. The van der Waals surface area contributed by atoms with Gasteiger partial charge in [-0.25, -0.2) is 0 Å². The van der Waals surface area contributed by atoms with Crippen molar-refractivity contribution in [3.05, 3.63) is 138 Å². The summed E-state index contributed by atoms with van der Waals surface area (Å²) in [6.07, 6.45) is 2.40. The van der Waals surface area contributed by atoms with Crippen LogP contribution in [0.4, 0.5) is 0 Å². The standard InChI is InChI=1S/C32H35N4O2.U/c1-22(35-31(33-4)28-14-8-25(9-15-28)7-6-24(3)37)20-26-10-16-29(17-11-26)32(34-5)36-23(2)21-27-12-18-30(38)19-13-27;/h3,8-19,37-38H,1-2,6-7,20-21H2,4-5H3,(H,33,35)(H,34,36);/q-1;. The number of rotatable bonds is 11. The number of aryl methyl sites for hydroxylation is 1. The number of allylic oxidation sites excluding steroid dienone is 3. The first-order valence-corrected chi connectivity index (χ1v) is 12.4. The van der Waals surface area contributed by atoms with Crippen molar-refractivity contribution in [2.75, 3.05) is 14.1 Å². The summed E-state index contributed by atoms with van der Waals surface area (Å²) in [5, 5.41) is 25.3. The maximum atomic E-state index is 9.46. The quantitative estimate of drug-likeness (QED) is 0.0886. The summed E-state index contributed by atoms with van der Waals surface area (Å²) in [7, 11) is 3.49. The number of amidine groups is 2. The SMILES string of the molecule is [CH-]=C(O)CCc1ccc(C(=NC)NC(=C)Cc2ccc(C(=NC)NC(=C)Cc3ccc(O)cc3)cc2)cc1.[U]. The van der Waals surface area contributed by atoms with Crippen molar-refractivity contribution >= 4 is 11.7 Å². The molecule has 200 valence electrons. The molecule has 3 aromatic rings. The van der Waals surface area contributed by atoms with Crippen LogP contribution in [0.5, 0.6) is 5.75 Å².